The van der Waals surface area contributed by atoms with Crippen molar-refractivity contribution in [2.75, 3.05) is 17.4 Å². The number of hydrogen-bond acceptors (Lipinski definition) is 4. The number of para-hydroxylation sites is 1. The standard InChI is InChI=1S/C28H32ClN3O4S/c1-4-25(28(34)30-5-2)31(19-22-14-10-9-13-21(22)3)27(33)20-32(26-18-12-11-17-24(26)29)37(35,36)23-15-7-6-8-16-23/h6-18,25H,4-5,19-20H2,1-3H3,(H,30,34). The number of hydrogen-bond donors (Lipinski definition) is 1. The van der Waals surface area contributed by atoms with Crippen LogP contribution in [0, 0.1) is 6.92 Å². The Hall–Kier alpha value is -3.36. The van der Waals surface area contributed by atoms with Crippen molar-refractivity contribution in [3.05, 3.63) is 95.0 Å². The van der Waals surface area contributed by atoms with E-state index in [9.17, 15) is 18.0 Å². The molecule has 37 heavy (non-hydrogen) atoms. The highest BCUT2D eigenvalue weighted by atomic mass is 35.5. The molecule has 2 amide bonds. The van der Waals surface area contributed by atoms with Gasteiger partial charge in [-0.3, -0.25) is 13.9 Å². The number of rotatable bonds is 11. The molecular formula is C28H32ClN3O4S. The Morgan fingerprint density at radius 1 is 0.919 bits per heavy atom. The molecule has 0 spiro atoms. The fraction of sp³-hybridized carbons (Fsp3) is 0.286. The zero-order valence-corrected chi connectivity index (χ0v) is 22.8. The summed E-state index contributed by atoms with van der Waals surface area (Å²) in [7, 11) is -4.15. The van der Waals surface area contributed by atoms with Crippen LogP contribution in [0.1, 0.15) is 31.4 Å². The van der Waals surface area contributed by atoms with Crippen LogP contribution in [0.4, 0.5) is 5.69 Å². The number of nitrogens with one attached hydrogen (secondary N) is 1. The van der Waals surface area contributed by atoms with Gasteiger partial charge in [-0.25, -0.2) is 8.42 Å². The molecule has 3 rings (SSSR count). The van der Waals surface area contributed by atoms with E-state index in [2.05, 4.69) is 5.32 Å². The van der Waals surface area contributed by atoms with Crippen LogP contribution in [0.5, 0.6) is 0 Å². The highest BCUT2D eigenvalue weighted by molar-refractivity contribution is 7.92. The third-order valence-electron chi connectivity index (χ3n) is 6.07. The number of carbonyl (C=O) groups excluding carboxylic acids is 2. The molecule has 0 aliphatic rings. The lowest BCUT2D eigenvalue weighted by atomic mass is 10.1. The highest BCUT2D eigenvalue weighted by Crippen LogP contribution is 2.30. The molecule has 196 valence electrons. The lowest BCUT2D eigenvalue weighted by molar-refractivity contribution is -0.140. The number of anilines is 1. The van der Waals surface area contributed by atoms with Gasteiger partial charge < -0.3 is 10.2 Å². The van der Waals surface area contributed by atoms with Gasteiger partial charge in [0.1, 0.15) is 12.6 Å². The van der Waals surface area contributed by atoms with Gasteiger partial charge in [-0.2, -0.15) is 0 Å². The van der Waals surface area contributed by atoms with Crippen molar-refractivity contribution in [2.24, 2.45) is 0 Å². The largest absolute Gasteiger partial charge is 0.355 e. The normalized spacial score (nSPS) is 12.0. The maximum Gasteiger partial charge on any atom is 0.264 e. The van der Waals surface area contributed by atoms with E-state index in [0.29, 0.717) is 13.0 Å². The number of aryl methyl sites for hydroxylation is 1. The Labute approximate surface area is 224 Å². The Bertz CT molecular complexity index is 1330. The average Bonchev–Trinajstić information content (AvgIpc) is 2.89. The first-order chi connectivity index (χ1) is 17.7. The lowest BCUT2D eigenvalue weighted by Crippen LogP contribution is -2.52. The summed E-state index contributed by atoms with van der Waals surface area (Å²) in [5, 5.41) is 2.99. The van der Waals surface area contributed by atoms with Crippen LogP contribution in [0.3, 0.4) is 0 Å². The van der Waals surface area contributed by atoms with Crippen LogP contribution in [-0.2, 0) is 26.2 Å². The first kappa shape index (κ1) is 28.2. The number of sulfonamides is 1. The van der Waals surface area contributed by atoms with Gasteiger partial charge in [0, 0.05) is 13.1 Å². The van der Waals surface area contributed by atoms with Crippen molar-refractivity contribution in [1.82, 2.24) is 10.2 Å². The van der Waals surface area contributed by atoms with Gasteiger partial charge in [0.15, 0.2) is 0 Å². The number of halogens is 1. The van der Waals surface area contributed by atoms with Gasteiger partial charge in [-0.1, -0.05) is 73.1 Å². The van der Waals surface area contributed by atoms with Gasteiger partial charge in [0.05, 0.1) is 15.6 Å². The van der Waals surface area contributed by atoms with E-state index >= 15 is 0 Å². The Morgan fingerprint density at radius 3 is 2.16 bits per heavy atom. The van der Waals surface area contributed by atoms with Crippen molar-refractivity contribution >= 4 is 39.1 Å². The van der Waals surface area contributed by atoms with Gasteiger partial charge in [-0.05, 0) is 55.7 Å². The van der Waals surface area contributed by atoms with Crippen LogP contribution in [0.25, 0.3) is 0 Å². The minimum absolute atomic E-state index is 0.0314. The van der Waals surface area contributed by atoms with Crippen molar-refractivity contribution in [3.8, 4) is 0 Å². The second-order valence-corrected chi connectivity index (χ2v) is 10.8. The molecule has 0 saturated heterocycles. The number of carbonyl (C=O) groups is 2. The van der Waals surface area contributed by atoms with Crippen molar-refractivity contribution in [3.63, 3.8) is 0 Å². The molecule has 0 aromatic heterocycles. The van der Waals surface area contributed by atoms with Crippen LogP contribution in [0.2, 0.25) is 5.02 Å². The number of amides is 2. The first-order valence-corrected chi connectivity index (χ1v) is 14.0. The highest BCUT2D eigenvalue weighted by Gasteiger charge is 2.34. The summed E-state index contributed by atoms with van der Waals surface area (Å²) in [6.45, 7) is 5.61. The molecule has 1 atom stereocenters. The predicted molar refractivity (Wildman–Crippen MR) is 147 cm³/mol. The molecule has 0 saturated carbocycles. The maximum atomic E-state index is 13.9. The van der Waals surface area contributed by atoms with E-state index in [-0.39, 0.29) is 28.1 Å². The predicted octanol–water partition coefficient (Wildman–Crippen LogP) is 4.79. The van der Waals surface area contributed by atoms with Crippen LogP contribution >= 0.6 is 11.6 Å². The molecule has 0 radical (unpaired) electrons. The monoisotopic (exact) mass is 541 g/mol. The summed E-state index contributed by atoms with van der Waals surface area (Å²) < 4.78 is 28.5. The molecular weight excluding hydrogens is 510 g/mol. The summed E-state index contributed by atoms with van der Waals surface area (Å²) >= 11 is 6.41. The summed E-state index contributed by atoms with van der Waals surface area (Å²) in [6.07, 6.45) is 0.362. The topological polar surface area (TPSA) is 86.8 Å². The first-order valence-electron chi connectivity index (χ1n) is 12.1. The van der Waals surface area contributed by atoms with E-state index < -0.39 is 28.5 Å². The maximum absolute atomic E-state index is 13.9. The second-order valence-electron chi connectivity index (χ2n) is 8.54. The quantitative estimate of drug-likeness (QED) is 0.378. The van der Waals surface area contributed by atoms with Gasteiger partial charge >= 0.3 is 0 Å². The number of likely N-dealkylation sites (N-methyl/N-ethyl adjacent to an activating group) is 1. The molecule has 7 nitrogen and oxygen atoms in total. The zero-order chi connectivity index (χ0) is 27.0. The number of nitrogens with zero attached hydrogens (tertiary/aromatic N) is 2. The Kier molecular flexibility index (Phi) is 9.72. The Morgan fingerprint density at radius 2 is 1.54 bits per heavy atom. The summed E-state index contributed by atoms with van der Waals surface area (Å²) in [5.74, 6) is -0.803. The Balaban J connectivity index is 2.07. The SMILES string of the molecule is CCNC(=O)C(CC)N(Cc1ccccc1C)C(=O)CN(c1ccccc1Cl)S(=O)(=O)c1ccccc1. The van der Waals surface area contributed by atoms with Gasteiger partial charge in [-0.15, -0.1) is 0 Å². The third-order valence-corrected chi connectivity index (χ3v) is 8.16. The van der Waals surface area contributed by atoms with E-state index in [1.165, 1.54) is 17.0 Å². The van der Waals surface area contributed by atoms with Gasteiger partial charge in [0.25, 0.3) is 10.0 Å². The number of benzene rings is 3. The molecule has 0 heterocycles. The fourth-order valence-corrected chi connectivity index (χ4v) is 5.81. The van der Waals surface area contributed by atoms with E-state index in [0.717, 1.165) is 15.4 Å². The third kappa shape index (κ3) is 6.70. The smallest absolute Gasteiger partial charge is 0.264 e. The molecule has 3 aromatic carbocycles. The van der Waals surface area contributed by atoms with Crippen LogP contribution in [-0.4, -0.2) is 44.3 Å². The van der Waals surface area contributed by atoms with E-state index in [1.807, 2.05) is 45.0 Å². The van der Waals surface area contributed by atoms with Crippen molar-refractivity contribution in [2.45, 2.75) is 44.7 Å². The van der Waals surface area contributed by atoms with Crippen molar-refractivity contribution in [1.29, 1.82) is 0 Å². The minimum Gasteiger partial charge on any atom is -0.355 e. The molecule has 1 unspecified atom stereocenters. The summed E-state index contributed by atoms with van der Waals surface area (Å²) in [6, 6.07) is 21.2. The molecule has 0 bridgehead atoms. The van der Waals surface area contributed by atoms with Crippen LogP contribution < -0.4 is 9.62 Å². The minimum atomic E-state index is -4.15. The summed E-state index contributed by atoms with van der Waals surface area (Å²) in [4.78, 5) is 28.4. The molecule has 3 aromatic rings. The van der Waals surface area contributed by atoms with E-state index in [1.54, 1.807) is 42.5 Å². The lowest BCUT2D eigenvalue weighted by Gasteiger charge is -2.33. The molecule has 0 aliphatic carbocycles. The van der Waals surface area contributed by atoms with Crippen molar-refractivity contribution < 1.29 is 18.0 Å². The zero-order valence-electron chi connectivity index (χ0n) is 21.2. The fourth-order valence-electron chi connectivity index (χ4n) is 4.07. The molecule has 0 fully saturated rings. The van der Waals surface area contributed by atoms with E-state index in [4.69, 9.17) is 11.6 Å². The summed E-state index contributed by atoms with van der Waals surface area (Å²) in [5.41, 5.74) is 2.02. The second kappa shape index (κ2) is 12.7. The molecule has 1 N–H and O–H groups in total. The molecule has 9 heteroatoms. The average molecular weight is 542 g/mol. The van der Waals surface area contributed by atoms with Gasteiger partial charge in [0.2, 0.25) is 11.8 Å². The molecule has 0 aliphatic heterocycles. The van der Waals surface area contributed by atoms with Crippen LogP contribution in [0.15, 0.2) is 83.8 Å².